The van der Waals surface area contributed by atoms with E-state index < -0.39 is 11.6 Å². The van der Waals surface area contributed by atoms with E-state index in [2.05, 4.69) is 31.4 Å². The van der Waals surface area contributed by atoms with Crippen molar-refractivity contribution in [3.8, 4) is 11.4 Å². The summed E-state index contributed by atoms with van der Waals surface area (Å²) in [6, 6.07) is 2.50. The Hall–Kier alpha value is -1.34. The maximum absolute atomic E-state index is 13.5. The van der Waals surface area contributed by atoms with Gasteiger partial charge < -0.3 is 9.84 Å². The van der Waals surface area contributed by atoms with Gasteiger partial charge >= 0.3 is 0 Å². The van der Waals surface area contributed by atoms with Gasteiger partial charge in [0.1, 0.15) is 0 Å². The van der Waals surface area contributed by atoms with Crippen LogP contribution in [-0.4, -0.2) is 16.7 Å². The summed E-state index contributed by atoms with van der Waals surface area (Å²) in [6.07, 6.45) is 1.98. The van der Waals surface area contributed by atoms with Gasteiger partial charge in [-0.1, -0.05) is 5.16 Å². The zero-order valence-electron chi connectivity index (χ0n) is 9.79. The number of aromatic nitrogens is 2. The normalized spacial score (nSPS) is 19.0. The van der Waals surface area contributed by atoms with Gasteiger partial charge in [-0.25, -0.2) is 8.78 Å². The van der Waals surface area contributed by atoms with Crippen molar-refractivity contribution in [2.75, 3.05) is 6.54 Å². The maximum atomic E-state index is 13.5. The van der Waals surface area contributed by atoms with Gasteiger partial charge in [0.15, 0.2) is 11.6 Å². The molecular weight excluding hydrogens is 320 g/mol. The van der Waals surface area contributed by atoms with Crippen LogP contribution in [0.25, 0.3) is 11.4 Å². The Morgan fingerprint density at radius 1 is 1.37 bits per heavy atom. The number of nitrogens with zero attached hydrogens (tertiary/aromatic N) is 2. The van der Waals surface area contributed by atoms with E-state index in [1.54, 1.807) is 0 Å². The number of hydrogen-bond acceptors (Lipinski definition) is 4. The second-order valence-corrected chi connectivity index (χ2v) is 5.12. The number of nitrogens with one attached hydrogen (secondary N) is 1. The molecule has 0 amide bonds. The van der Waals surface area contributed by atoms with Gasteiger partial charge in [0, 0.05) is 5.56 Å². The van der Waals surface area contributed by atoms with Gasteiger partial charge in [-0.3, -0.25) is 0 Å². The molecule has 0 spiro atoms. The van der Waals surface area contributed by atoms with Crippen LogP contribution in [0.1, 0.15) is 24.8 Å². The molecule has 0 radical (unpaired) electrons. The summed E-state index contributed by atoms with van der Waals surface area (Å²) < 4.78 is 31.7. The van der Waals surface area contributed by atoms with Crippen LogP contribution in [-0.2, 0) is 0 Å². The molecule has 1 atom stereocenters. The minimum atomic E-state index is -0.956. The SMILES string of the molecule is Fc1ccc(-c2noc([C@H]3CCCN3)n2)c(Br)c1F. The van der Waals surface area contributed by atoms with Crippen molar-refractivity contribution < 1.29 is 13.3 Å². The Morgan fingerprint density at radius 2 is 2.21 bits per heavy atom. The Morgan fingerprint density at radius 3 is 2.95 bits per heavy atom. The molecule has 100 valence electrons. The van der Waals surface area contributed by atoms with Crippen LogP contribution in [0, 0.1) is 11.6 Å². The van der Waals surface area contributed by atoms with Gasteiger partial charge in [0.05, 0.1) is 10.5 Å². The molecule has 0 saturated carbocycles. The minimum Gasteiger partial charge on any atom is -0.337 e. The van der Waals surface area contributed by atoms with Crippen LogP contribution >= 0.6 is 15.9 Å². The summed E-state index contributed by atoms with van der Waals surface area (Å²) in [5.74, 6) is -1.15. The summed E-state index contributed by atoms with van der Waals surface area (Å²) >= 11 is 3.01. The lowest BCUT2D eigenvalue weighted by atomic mass is 10.2. The Labute approximate surface area is 116 Å². The van der Waals surface area contributed by atoms with Gasteiger partial charge in [0.25, 0.3) is 0 Å². The molecule has 1 aliphatic heterocycles. The summed E-state index contributed by atoms with van der Waals surface area (Å²) in [7, 11) is 0. The van der Waals surface area contributed by atoms with E-state index in [4.69, 9.17) is 4.52 Å². The fourth-order valence-corrected chi connectivity index (χ4v) is 2.58. The molecule has 4 nitrogen and oxygen atoms in total. The monoisotopic (exact) mass is 329 g/mol. The van der Waals surface area contributed by atoms with Gasteiger partial charge in [-0.15, -0.1) is 0 Å². The molecule has 7 heteroatoms. The molecule has 3 rings (SSSR count). The lowest BCUT2D eigenvalue weighted by molar-refractivity contribution is 0.345. The predicted octanol–water partition coefficient (Wildman–Crippen LogP) is 3.20. The summed E-state index contributed by atoms with van der Waals surface area (Å²) in [5.41, 5.74) is 0.367. The Bertz CT molecular complexity index is 611. The third-order valence-electron chi connectivity index (χ3n) is 3.08. The molecule has 1 fully saturated rings. The number of hydrogen-bond donors (Lipinski definition) is 1. The van der Waals surface area contributed by atoms with Crippen molar-refractivity contribution >= 4 is 15.9 Å². The van der Waals surface area contributed by atoms with E-state index in [0.717, 1.165) is 25.5 Å². The second-order valence-electron chi connectivity index (χ2n) is 4.33. The van der Waals surface area contributed by atoms with E-state index in [9.17, 15) is 8.78 Å². The van der Waals surface area contributed by atoms with Crippen LogP contribution in [0.15, 0.2) is 21.1 Å². The molecule has 19 heavy (non-hydrogen) atoms. The van der Waals surface area contributed by atoms with Crippen LogP contribution in [0.3, 0.4) is 0 Å². The lowest BCUT2D eigenvalue weighted by Crippen LogP contribution is -2.12. The average molecular weight is 330 g/mol. The number of rotatable bonds is 2. The molecule has 2 heterocycles. The van der Waals surface area contributed by atoms with Crippen molar-refractivity contribution in [2.24, 2.45) is 0 Å². The highest BCUT2D eigenvalue weighted by Crippen LogP contribution is 2.31. The molecule has 1 aromatic carbocycles. The molecule has 1 aromatic heterocycles. The van der Waals surface area contributed by atoms with Gasteiger partial charge in [-0.2, -0.15) is 4.98 Å². The Balaban J connectivity index is 1.96. The third-order valence-corrected chi connectivity index (χ3v) is 3.85. The van der Waals surface area contributed by atoms with Crippen LogP contribution in [0.5, 0.6) is 0 Å². The highest BCUT2D eigenvalue weighted by atomic mass is 79.9. The topological polar surface area (TPSA) is 51.0 Å². The van der Waals surface area contributed by atoms with Crippen LogP contribution in [0.4, 0.5) is 8.78 Å². The molecular formula is C12H10BrF2N3O. The zero-order chi connectivity index (χ0) is 13.4. The quantitative estimate of drug-likeness (QED) is 0.859. The minimum absolute atomic E-state index is 0.000712. The zero-order valence-corrected chi connectivity index (χ0v) is 11.4. The largest absolute Gasteiger partial charge is 0.337 e. The molecule has 2 aromatic rings. The third kappa shape index (κ3) is 2.28. The molecule has 1 N–H and O–H groups in total. The van der Waals surface area contributed by atoms with E-state index in [1.807, 2.05) is 0 Å². The predicted molar refractivity (Wildman–Crippen MR) is 67.3 cm³/mol. The first kappa shape index (κ1) is 12.7. The van der Waals surface area contributed by atoms with Crippen molar-refractivity contribution in [3.05, 3.63) is 34.1 Å². The second kappa shape index (κ2) is 4.97. The van der Waals surface area contributed by atoms with E-state index in [0.29, 0.717) is 11.5 Å². The van der Waals surface area contributed by atoms with Crippen molar-refractivity contribution in [1.82, 2.24) is 15.5 Å². The first-order valence-corrected chi connectivity index (χ1v) is 6.67. The van der Waals surface area contributed by atoms with Crippen molar-refractivity contribution in [2.45, 2.75) is 18.9 Å². The summed E-state index contributed by atoms with van der Waals surface area (Å²) in [6.45, 7) is 0.914. The maximum Gasteiger partial charge on any atom is 0.244 e. The molecule has 0 bridgehead atoms. The molecule has 0 unspecified atom stereocenters. The van der Waals surface area contributed by atoms with Crippen molar-refractivity contribution in [1.29, 1.82) is 0 Å². The first-order valence-electron chi connectivity index (χ1n) is 5.87. The Kier molecular flexibility index (Phi) is 3.32. The standard InChI is InChI=1S/C12H10BrF2N3O/c13-9-6(3-4-7(14)10(9)15)11-17-12(19-18-11)8-2-1-5-16-8/h3-4,8,16H,1-2,5H2/t8-/m1/s1. The fourth-order valence-electron chi connectivity index (χ4n) is 2.08. The molecule has 1 saturated heterocycles. The molecule has 0 aliphatic carbocycles. The highest BCUT2D eigenvalue weighted by molar-refractivity contribution is 9.10. The summed E-state index contributed by atoms with van der Waals surface area (Å²) in [5, 5.41) is 7.05. The highest BCUT2D eigenvalue weighted by Gasteiger charge is 2.24. The van der Waals surface area contributed by atoms with Gasteiger partial charge in [-0.05, 0) is 47.4 Å². The van der Waals surface area contributed by atoms with E-state index >= 15 is 0 Å². The fraction of sp³-hybridized carbons (Fsp3) is 0.333. The number of halogens is 3. The van der Waals surface area contributed by atoms with E-state index in [1.165, 1.54) is 6.07 Å². The van der Waals surface area contributed by atoms with Crippen LogP contribution < -0.4 is 5.32 Å². The van der Waals surface area contributed by atoms with Crippen molar-refractivity contribution in [3.63, 3.8) is 0 Å². The average Bonchev–Trinajstić information content (AvgIpc) is 3.06. The number of benzene rings is 1. The smallest absolute Gasteiger partial charge is 0.244 e. The first-order chi connectivity index (χ1) is 9.16. The lowest BCUT2D eigenvalue weighted by Gasteiger charge is -2.02. The molecule has 1 aliphatic rings. The summed E-state index contributed by atoms with van der Waals surface area (Å²) in [4.78, 5) is 4.23. The van der Waals surface area contributed by atoms with Gasteiger partial charge in [0.2, 0.25) is 11.7 Å². The van der Waals surface area contributed by atoms with E-state index in [-0.39, 0.29) is 16.3 Å². The van der Waals surface area contributed by atoms with Crippen LogP contribution in [0.2, 0.25) is 0 Å².